The molecule has 0 radical (unpaired) electrons. The van der Waals surface area contributed by atoms with E-state index in [1.807, 2.05) is 6.92 Å². The number of nitrogens with one attached hydrogen (secondary N) is 1. The van der Waals surface area contributed by atoms with Gasteiger partial charge in [0.25, 0.3) is 5.91 Å². The summed E-state index contributed by atoms with van der Waals surface area (Å²) in [6.45, 7) is 9.79. The highest BCUT2D eigenvalue weighted by atomic mass is 16.4. The Morgan fingerprint density at radius 2 is 1.80 bits per heavy atom. The van der Waals surface area contributed by atoms with Gasteiger partial charge >= 0.3 is 5.97 Å². The number of aromatic carboxylic acids is 1. The van der Waals surface area contributed by atoms with Crippen molar-refractivity contribution in [2.75, 3.05) is 5.32 Å². The van der Waals surface area contributed by atoms with Gasteiger partial charge in [0.15, 0.2) is 0 Å². The van der Waals surface area contributed by atoms with Crippen LogP contribution in [-0.2, 0) is 0 Å². The van der Waals surface area contributed by atoms with E-state index in [-0.39, 0.29) is 17.0 Å². The lowest BCUT2D eigenvalue weighted by molar-refractivity contribution is 0.0695. The molecule has 0 aliphatic carbocycles. The van der Waals surface area contributed by atoms with Crippen LogP contribution in [0.15, 0.2) is 12.1 Å². The van der Waals surface area contributed by atoms with Crippen LogP contribution in [0.25, 0.3) is 0 Å². The Morgan fingerprint density at radius 3 is 2.20 bits per heavy atom. The van der Waals surface area contributed by atoms with Crippen LogP contribution in [-0.4, -0.2) is 23.0 Å². The van der Waals surface area contributed by atoms with Crippen LogP contribution >= 0.6 is 0 Å². The molecule has 0 spiro atoms. The lowest BCUT2D eigenvalue weighted by Gasteiger charge is -2.30. The average Bonchev–Trinajstić information content (AvgIpc) is 2.28. The van der Waals surface area contributed by atoms with Crippen LogP contribution in [0.2, 0.25) is 0 Å². The fourth-order valence-electron chi connectivity index (χ4n) is 1.71. The predicted octanol–water partition coefficient (Wildman–Crippen LogP) is 2.64. The molecule has 0 saturated heterocycles. The number of carbonyl (C=O) groups excluding carboxylic acids is 1. The van der Waals surface area contributed by atoms with Crippen molar-refractivity contribution in [3.05, 3.63) is 28.8 Å². The van der Waals surface area contributed by atoms with Crippen molar-refractivity contribution in [2.45, 2.75) is 40.7 Å². The number of hydrogen-bond acceptors (Lipinski definition) is 3. The van der Waals surface area contributed by atoms with Gasteiger partial charge in [-0.3, -0.25) is 4.79 Å². The molecule has 110 valence electrons. The van der Waals surface area contributed by atoms with Gasteiger partial charge in [-0.15, -0.1) is 0 Å². The Hall–Kier alpha value is -2.04. The molecule has 0 saturated carbocycles. The Bertz CT molecular complexity index is 545. The van der Waals surface area contributed by atoms with Crippen molar-refractivity contribution in [1.29, 1.82) is 0 Å². The van der Waals surface area contributed by atoms with Crippen LogP contribution in [0.1, 0.15) is 54.0 Å². The van der Waals surface area contributed by atoms with E-state index >= 15 is 0 Å². The first-order valence-corrected chi connectivity index (χ1v) is 6.48. The minimum Gasteiger partial charge on any atom is -0.478 e. The van der Waals surface area contributed by atoms with Crippen LogP contribution in [0, 0.1) is 12.3 Å². The Balaban J connectivity index is 3.32. The van der Waals surface area contributed by atoms with Gasteiger partial charge in [0, 0.05) is 11.7 Å². The average molecular weight is 278 g/mol. The second-order valence-corrected chi connectivity index (χ2v) is 6.11. The molecule has 0 fully saturated rings. The molecule has 0 heterocycles. The highest BCUT2D eigenvalue weighted by Gasteiger charge is 2.23. The van der Waals surface area contributed by atoms with Gasteiger partial charge in [0.1, 0.15) is 0 Å². The number of anilines is 1. The van der Waals surface area contributed by atoms with E-state index in [0.29, 0.717) is 16.8 Å². The second-order valence-electron chi connectivity index (χ2n) is 6.11. The minimum atomic E-state index is -1.02. The van der Waals surface area contributed by atoms with Gasteiger partial charge in [-0.05, 0) is 37.0 Å². The number of carboxylic acids is 1. The smallest absolute Gasteiger partial charge is 0.336 e. The summed E-state index contributed by atoms with van der Waals surface area (Å²) in [6, 6.07) is 3.04. The summed E-state index contributed by atoms with van der Waals surface area (Å²) in [4.78, 5) is 22.7. The fraction of sp³-hybridized carbons (Fsp3) is 0.467. The lowest BCUT2D eigenvalue weighted by Crippen LogP contribution is -2.32. The number of primary amides is 1. The number of carbonyl (C=O) groups is 2. The van der Waals surface area contributed by atoms with E-state index in [0.717, 1.165) is 0 Å². The molecule has 0 aromatic heterocycles. The first-order valence-electron chi connectivity index (χ1n) is 6.48. The van der Waals surface area contributed by atoms with Crippen molar-refractivity contribution in [3.8, 4) is 0 Å². The van der Waals surface area contributed by atoms with Crippen LogP contribution in [0.3, 0.4) is 0 Å². The standard InChI is InChI=1S/C15H22N2O3/c1-8-6-11(13(16)18)12(7-10(8)14(19)20)17-9(2)15(3,4)5/h6-7,9,17H,1-5H3,(H2,16,18)(H,19,20)/t9-/m1/s1. The third-order valence-electron chi connectivity index (χ3n) is 3.53. The number of benzene rings is 1. The third kappa shape index (κ3) is 3.50. The summed E-state index contributed by atoms with van der Waals surface area (Å²) >= 11 is 0. The van der Waals surface area contributed by atoms with E-state index < -0.39 is 11.9 Å². The zero-order chi connectivity index (χ0) is 15.7. The van der Waals surface area contributed by atoms with Crippen LogP contribution < -0.4 is 11.1 Å². The predicted molar refractivity (Wildman–Crippen MR) is 79.2 cm³/mol. The number of amides is 1. The van der Waals surface area contributed by atoms with Crippen molar-refractivity contribution in [3.63, 3.8) is 0 Å². The van der Waals surface area contributed by atoms with E-state index in [9.17, 15) is 9.59 Å². The fourth-order valence-corrected chi connectivity index (χ4v) is 1.71. The van der Waals surface area contributed by atoms with Gasteiger partial charge in [0.2, 0.25) is 0 Å². The van der Waals surface area contributed by atoms with E-state index in [1.165, 1.54) is 12.1 Å². The first-order chi connectivity index (χ1) is 9.04. The van der Waals surface area contributed by atoms with Crippen molar-refractivity contribution < 1.29 is 14.7 Å². The van der Waals surface area contributed by atoms with Crippen LogP contribution in [0.4, 0.5) is 5.69 Å². The van der Waals surface area contributed by atoms with Gasteiger partial charge in [0.05, 0.1) is 11.1 Å². The van der Waals surface area contributed by atoms with Crippen molar-refractivity contribution >= 4 is 17.6 Å². The van der Waals surface area contributed by atoms with Gasteiger partial charge in [-0.1, -0.05) is 20.8 Å². The topological polar surface area (TPSA) is 92.4 Å². The molecule has 0 bridgehead atoms. The molecule has 4 N–H and O–H groups in total. The molecule has 1 amide bonds. The SMILES string of the molecule is Cc1cc(C(N)=O)c(N[C@H](C)C(C)(C)C)cc1C(=O)O. The highest BCUT2D eigenvalue weighted by molar-refractivity contribution is 6.01. The molecular weight excluding hydrogens is 256 g/mol. The lowest BCUT2D eigenvalue weighted by atomic mass is 9.87. The summed E-state index contributed by atoms with van der Waals surface area (Å²) in [6.07, 6.45) is 0. The molecule has 1 rings (SSSR count). The number of carboxylic acid groups (broad SMARTS) is 1. The van der Waals surface area contributed by atoms with E-state index in [4.69, 9.17) is 10.8 Å². The molecule has 5 heteroatoms. The normalized spacial score (nSPS) is 12.8. The first kappa shape index (κ1) is 16.0. The summed E-state index contributed by atoms with van der Waals surface area (Å²) in [5, 5.41) is 12.4. The summed E-state index contributed by atoms with van der Waals surface area (Å²) in [5.41, 5.74) is 6.78. The molecular formula is C15H22N2O3. The van der Waals surface area contributed by atoms with Gasteiger partial charge in [-0.25, -0.2) is 4.79 Å². The molecule has 1 aromatic rings. The number of nitrogens with two attached hydrogens (primary N) is 1. The molecule has 5 nitrogen and oxygen atoms in total. The number of aryl methyl sites for hydroxylation is 1. The van der Waals surface area contributed by atoms with Gasteiger partial charge < -0.3 is 16.2 Å². The zero-order valence-electron chi connectivity index (χ0n) is 12.6. The summed E-state index contributed by atoms with van der Waals surface area (Å²) in [5.74, 6) is -1.60. The molecule has 0 aliphatic heterocycles. The van der Waals surface area contributed by atoms with Crippen LogP contribution in [0.5, 0.6) is 0 Å². The Kier molecular flexibility index (Phi) is 4.43. The monoisotopic (exact) mass is 278 g/mol. The minimum absolute atomic E-state index is 0.0385. The zero-order valence-corrected chi connectivity index (χ0v) is 12.6. The summed E-state index contributed by atoms with van der Waals surface area (Å²) in [7, 11) is 0. The van der Waals surface area contributed by atoms with Crippen molar-refractivity contribution in [2.24, 2.45) is 11.1 Å². The van der Waals surface area contributed by atoms with E-state index in [2.05, 4.69) is 26.1 Å². The summed E-state index contributed by atoms with van der Waals surface area (Å²) < 4.78 is 0. The number of rotatable bonds is 4. The second kappa shape index (κ2) is 5.53. The maximum absolute atomic E-state index is 11.5. The number of hydrogen-bond donors (Lipinski definition) is 3. The quantitative estimate of drug-likeness (QED) is 0.789. The maximum atomic E-state index is 11.5. The van der Waals surface area contributed by atoms with Crippen molar-refractivity contribution in [1.82, 2.24) is 0 Å². The highest BCUT2D eigenvalue weighted by Crippen LogP contribution is 2.27. The molecule has 1 atom stereocenters. The third-order valence-corrected chi connectivity index (χ3v) is 3.53. The Morgan fingerprint density at radius 1 is 1.25 bits per heavy atom. The molecule has 0 unspecified atom stereocenters. The molecule has 1 aromatic carbocycles. The van der Waals surface area contributed by atoms with E-state index in [1.54, 1.807) is 6.92 Å². The maximum Gasteiger partial charge on any atom is 0.336 e. The van der Waals surface area contributed by atoms with Gasteiger partial charge in [-0.2, -0.15) is 0 Å². The largest absolute Gasteiger partial charge is 0.478 e. The Labute approximate surface area is 119 Å². The molecule has 20 heavy (non-hydrogen) atoms. The molecule has 0 aliphatic rings.